The highest BCUT2D eigenvalue weighted by atomic mass is 35.5. The van der Waals surface area contributed by atoms with Gasteiger partial charge < -0.3 is 9.84 Å². The van der Waals surface area contributed by atoms with Crippen molar-refractivity contribution in [3.63, 3.8) is 0 Å². The Morgan fingerprint density at radius 3 is 2.57 bits per heavy atom. The Hall–Kier alpha value is -1.84. The smallest absolute Gasteiger partial charge is 0.216 e. The van der Waals surface area contributed by atoms with E-state index in [2.05, 4.69) is 4.99 Å². The maximum absolute atomic E-state index is 10.2. The summed E-state index contributed by atoms with van der Waals surface area (Å²) in [6.07, 6.45) is 0.0364. The van der Waals surface area contributed by atoms with Crippen LogP contribution in [0.2, 0.25) is 5.02 Å². The normalized spacial score (nSPS) is 19.0. The minimum Gasteiger partial charge on any atom is -0.475 e. The van der Waals surface area contributed by atoms with Crippen molar-refractivity contribution in [3.8, 4) is 0 Å². The first-order valence-corrected chi connectivity index (χ1v) is 7.30. The second-order valence-electron chi connectivity index (χ2n) is 5.07. The molecule has 0 aromatic heterocycles. The first-order valence-electron chi connectivity index (χ1n) is 6.92. The standard InChI is InChI=1S/C17H16ClNO2/c18-14-8-6-13(7-9-14)17-19-15(11-21-17)10-16(20)12-4-2-1-3-5-12/h1-9,15-16,20H,10-11H2/t15-,16+/m0/s1. The van der Waals surface area contributed by atoms with Gasteiger partial charge >= 0.3 is 0 Å². The SMILES string of the molecule is O[C@H](C[C@H]1COC(c2ccc(Cl)cc2)=N1)c1ccccc1. The molecule has 0 spiro atoms. The minimum atomic E-state index is -0.520. The average molecular weight is 302 g/mol. The van der Waals surface area contributed by atoms with Crippen molar-refractivity contribution in [1.29, 1.82) is 0 Å². The molecule has 2 aromatic rings. The second-order valence-corrected chi connectivity index (χ2v) is 5.50. The van der Waals surface area contributed by atoms with E-state index in [1.807, 2.05) is 54.6 Å². The van der Waals surface area contributed by atoms with Crippen LogP contribution in [0.4, 0.5) is 0 Å². The van der Waals surface area contributed by atoms with Crippen molar-refractivity contribution in [3.05, 3.63) is 70.7 Å². The molecule has 1 aliphatic rings. The lowest BCUT2D eigenvalue weighted by atomic mass is 10.0. The number of aliphatic hydroxyl groups is 1. The van der Waals surface area contributed by atoms with Gasteiger partial charge in [-0.2, -0.15) is 0 Å². The lowest BCUT2D eigenvalue weighted by Crippen LogP contribution is -2.11. The summed E-state index contributed by atoms with van der Waals surface area (Å²) in [5, 5.41) is 10.9. The Balaban J connectivity index is 1.67. The molecule has 2 atom stereocenters. The summed E-state index contributed by atoms with van der Waals surface area (Å²) >= 11 is 5.87. The number of rotatable bonds is 4. The van der Waals surface area contributed by atoms with Crippen LogP contribution in [0, 0.1) is 0 Å². The molecular weight excluding hydrogens is 286 g/mol. The van der Waals surface area contributed by atoms with Gasteiger partial charge in [0.25, 0.3) is 0 Å². The quantitative estimate of drug-likeness (QED) is 0.937. The molecule has 3 nitrogen and oxygen atoms in total. The van der Waals surface area contributed by atoms with Crippen molar-refractivity contribution < 1.29 is 9.84 Å². The van der Waals surface area contributed by atoms with Gasteiger partial charge in [0.1, 0.15) is 6.61 Å². The maximum Gasteiger partial charge on any atom is 0.216 e. The van der Waals surface area contributed by atoms with Crippen molar-refractivity contribution >= 4 is 17.5 Å². The van der Waals surface area contributed by atoms with Crippen molar-refractivity contribution in [2.75, 3.05) is 6.61 Å². The first-order chi connectivity index (χ1) is 10.2. The second kappa shape index (κ2) is 6.29. The number of hydrogen-bond acceptors (Lipinski definition) is 3. The van der Waals surface area contributed by atoms with Crippen LogP contribution in [0.5, 0.6) is 0 Å². The van der Waals surface area contributed by atoms with Crippen molar-refractivity contribution in [2.24, 2.45) is 4.99 Å². The average Bonchev–Trinajstić information content (AvgIpc) is 2.97. The molecule has 2 aromatic carbocycles. The molecule has 0 amide bonds. The third-order valence-electron chi connectivity index (χ3n) is 3.48. The van der Waals surface area contributed by atoms with Gasteiger partial charge in [-0.15, -0.1) is 0 Å². The zero-order valence-electron chi connectivity index (χ0n) is 11.4. The van der Waals surface area contributed by atoms with E-state index in [-0.39, 0.29) is 6.04 Å². The van der Waals surface area contributed by atoms with Crippen LogP contribution in [-0.4, -0.2) is 23.7 Å². The summed E-state index contributed by atoms with van der Waals surface area (Å²) in [5.74, 6) is 0.622. The third-order valence-corrected chi connectivity index (χ3v) is 3.74. The van der Waals surface area contributed by atoms with Gasteiger partial charge in [-0.3, -0.25) is 0 Å². The Labute approximate surface area is 128 Å². The van der Waals surface area contributed by atoms with Crippen LogP contribution >= 0.6 is 11.6 Å². The topological polar surface area (TPSA) is 41.8 Å². The van der Waals surface area contributed by atoms with E-state index < -0.39 is 6.10 Å². The van der Waals surface area contributed by atoms with E-state index in [1.165, 1.54) is 0 Å². The van der Waals surface area contributed by atoms with E-state index in [4.69, 9.17) is 16.3 Å². The zero-order chi connectivity index (χ0) is 14.7. The summed E-state index contributed by atoms with van der Waals surface area (Å²) in [4.78, 5) is 4.54. The molecule has 4 heteroatoms. The molecular formula is C17H16ClNO2. The first kappa shape index (κ1) is 14.1. The molecule has 108 valence electrons. The number of nitrogens with zero attached hydrogens (tertiary/aromatic N) is 1. The fraction of sp³-hybridized carbons (Fsp3) is 0.235. The highest BCUT2D eigenvalue weighted by Gasteiger charge is 2.23. The Morgan fingerprint density at radius 2 is 1.86 bits per heavy atom. The predicted molar refractivity (Wildman–Crippen MR) is 83.7 cm³/mol. The highest BCUT2D eigenvalue weighted by molar-refractivity contribution is 6.30. The third kappa shape index (κ3) is 3.43. The molecule has 1 aliphatic heterocycles. The molecule has 0 radical (unpaired) electrons. The fourth-order valence-corrected chi connectivity index (χ4v) is 2.48. The summed E-state index contributed by atoms with van der Waals surface area (Å²) in [7, 11) is 0. The van der Waals surface area contributed by atoms with Gasteiger partial charge in [-0.1, -0.05) is 41.9 Å². The molecule has 21 heavy (non-hydrogen) atoms. The van der Waals surface area contributed by atoms with E-state index >= 15 is 0 Å². The largest absolute Gasteiger partial charge is 0.475 e. The van der Waals surface area contributed by atoms with Crippen LogP contribution in [0.25, 0.3) is 0 Å². The molecule has 0 unspecified atom stereocenters. The lowest BCUT2D eigenvalue weighted by molar-refractivity contribution is 0.151. The van der Waals surface area contributed by atoms with Crippen LogP contribution in [0.1, 0.15) is 23.7 Å². The lowest BCUT2D eigenvalue weighted by Gasteiger charge is -2.12. The van der Waals surface area contributed by atoms with E-state index in [0.717, 1.165) is 11.1 Å². The van der Waals surface area contributed by atoms with Crippen molar-refractivity contribution in [1.82, 2.24) is 0 Å². The fourth-order valence-electron chi connectivity index (χ4n) is 2.36. The zero-order valence-corrected chi connectivity index (χ0v) is 12.2. The predicted octanol–water partition coefficient (Wildman–Crippen LogP) is 3.61. The highest BCUT2D eigenvalue weighted by Crippen LogP contribution is 2.23. The van der Waals surface area contributed by atoms with Crippen LogP contribution < -0.4 is 0 Å². The molecule has 0 saturated heterocycles. The van der Waals surface area contributed by atoms with E-state index in [0.29, 0.717) is 23.9 Å². The van der Waals surface area contributed by atoms with Gasteiger partial charge in [0, 0.05) is 17.0 Å². The number of hydrogen-bond donors (Lipinski definition) is 1. The van der Waals surface area contributed by atoms with Crippen LogP contribution in [-0.2, 0) is 4.74 Å². The summed E-state index contributed by atoms with van der Waals surface area (Å²) in [5.41, 5.74) is 1.82. The van der Waals surface area contributed by atoms with Crippen LogP contribution in [0.3, 0.4) is 0 Å². The Bertz CT molecular complexity index is 625. The monoisotopic (exact) mass is 301 g/mol. The Morgan fingerprint density at radius 1 is 1.14 bits per heavy atom. The van der Waals surface area contributed by atoms with Crippen LogP contribution in [0.15, 0.2) is 59.6 Å². The molecule has 1 N–H and O–H groups in total. The van der Waals surface area contributed by atoms with Gasteiger partial charge in [-0.25, -0.2) is 4.99 Å². The maximum atomic E-state index is 10.2. The molecule has 1 heterocycles. The van der Waals surface area contributed by atoms with Gasteiger partial charge in [-0.05, 0) is 29.8 Å². The van der Waals surface area contributed by atoms with Gasteiger partial charge in [0.05, 0.1) is 12.1 Å². The molecule has 0 fully saturated rings. The Kier molecular flexibility index (Phi) is 4.23. The minimum absolute atomic E-state index is 0.0223. The molecule has 0 saturated carbocycles. The summed E-state index contributed by atoms with van der Waals surface area (Å²) in [6, 6.07) is 17.0. The molecule has 0 bridgehead atoms. The summed E-state index contributed by atoms with van der Waals surface area (Å²) < 4.78 is 5.62. The number of aliphatic hydroxyl groups excluding tert-OH is 1. The number of aliphatic imine (C=N–C) groups is 1. The number of ether oxygens (including phenoxy) is 1. The van der Waals surface area contributed by atoms with Gasteiger partial charge in [0.2, 0.25) is 5.90 Å². The van der Waals surface area contributed by atoms with E-state index in [1.54, 1.807) is 0 Å². The number of halogens is 1. The van der Waals surface area contributed by atoms with E-state index in [9.17, 15) is 5.11 Å². The summed E-state index contributed by atoms with van der Waals surface area (Å²) in [6.45, 7) is 0.502. The molecule has 0 aliphatic carbocycles. The van der Waals surface area contributed by atoms with Gasteiger partial charge in [0.15, 0.2) is 0 Å². The number of benzene rings is 2. The molecule has 3 rings (SSSR count). The van der Waals surface area contributed by atoms with Crippen molar-refractivity contribution in [2.45, 2.75) is 18.6 Å².